The van der Waals surface area contributed by atoms with Crippen LogP contribution in [0.4, 0.5) is 11.4 Å². The Balaban J connectivity index is 1.81. The highest BCUT2D eigenvalue weighted by atomic mass is 16.3. The Morgan fingerprint density at radius 2 is 1.77 bits per heavy atom. The van der Waals surface area contributed by atoms with Crippen LogP contribution in [0.3, 0.4) is 0 Å². The maximum absolute atomic E-state index is 10.5. The molecule has 0 bridgehead atoms. The first kappa shape index (κ1) is 17.0. The predicted molar refractivity (Wildman–Crippen MR) is 109 cm³/mol. The average molecular weight is 347 g/mol. The van der Waals surface area contributed by atoms with Gasteiger partial charge in [0.25, 0.3) is 0 Å². The van der Waals surface area contributed by atoms with Gasteiger partial charge in [-0.25, -0.2) is 0 Å². The standard InChI is InChI=1S/C23H27N2O/c1-23(2)20-7-5-6-8-21(20)25-15-19(26)14-17(22(23)25)13-16-9-11-18(12-10-16)24(3)4/h5-13,19,26H,14-15H2,1-4H3/q+1. The van der Waals surface area contributed by atoms with E-state index in [2.05, 4.69) is 92.0 Å². The van der Waals surface area contributed by atoms with Gasteiger partial charge in [0.15, 0.2) is 12.3 Å². The quantitative estimate of drug-likeness (QED) is 0.832. The summed E-state index contributed by atoms with van der Waals surface area (Å²) in [6.07, 6.45) is 2.62. The maximum Gasteiger partial charge on any atom is 0.209 e. The number of fused-ring (bicyclic) bond motifs is 2. The summed E-state index contributed by atoms with van der Waals surface area (Å²) in [7, 11) is 4.11. The highest BCUT2D eigenvalue weighted by molar-refractivity contribution is 6.10. The summed E-state index contributed by atoms with van der Waals surface area (Å²) in [6.45, 7) is 5.26. The summed E-state index contributed by atoms with van der Waals surface area (Å²) >= 11 is 0. The average Bonchev–Trinajstić information content (AvgIpc) is 2.83. The molecule has 0 amide bonds. The first-order valence-electron chi connectivity index (χ1n) is 9.29. The molecule has 0 saturated heterocycles. The summed E-state index contributed by atoms with van der Waals surface area (Å²) in [5.41, 5.74) is 7.48. The van der Waals surface area contributed by atoms with Gasteiger partial charge in [0.2, 0.25) is 5.69 Å². The molecule has 0 aliphatic carbocycles. The van der Waals surface area contributed by atoms with Gasteiger partial charge in [-0.05, 0) is 37.6 Å². The smallest absolute Gasteiger partial charge is 0.209 e. The predicted octanol–water partition coefficient (Wildman–Crippen LogP) is 3.98. The van der Waals surface area contributed by atoms with E-state index in [9.17, 15) is 5.11 Å². The molecule has 2 aromatic rings. The fraction of sp³-hybridized carbons (Fsp3) is 0.348. The molecule has 2 aliphatic heterocycles. The molecule has 1 unspecified atom stereocenters. The van der Waals surface area contributed by atoms with Crippen LogP contribution in [0.15, 0.2) is 54.1 Å². The number of hydrogen-bond acceptors (Lipinski definition) is 2. The molecule has 1 atom stereocenters. The van der Waals surface area contributed by atoms with Crippen LogP contribution in [0, 0.1) is 0 Å². The van der Waals surface area contributed by atoms with Crippen molar-refractivity contribution < 1.29 is 9.68 Å². The Morgan fingerprint density at radius 1 is 1.08 bits per heavy atom. The van der Waals surface area contributed by atoms with E-state index >= 15 is 0 Å². The molecule has 3 heteroatoms. The second-order valence-electron chi connectivity index (χ2n) is 8.11. The zero-order valence-corrected chi connectivity index (χ0v) is 16.0. The molecule has 2 aromatic carbocycles. The summed E-state index contributed by atoms with van der Waals surface area (Å²) in [5.74, 6) is 0. The van der Waals surface area contributed by atoms with Crippen molar-refractivity contribution in [2.75, 3.05) is 25.5 Å². The van der Waals surface area contributed by atoms with Crippen molar-refractivity contribution in [3.05, 3.63) is 65.2 Å². The Kier molecular flexibility index (Phi) is 4.00. The van der Waals surface area contributed by atoms with E-state index in [0.29, 0.717) is 13.0 Å². The molecule has 3 nitrogen and oxygen atoms in total. The number of aliphatic hydroxyl groups is 1. The van der Waals surface area contributed by atoms with Crippen molar-refractivity contribution in [2.24, 2.45) is 0 Å². The Morgan fingerprint density at radius 3 is 2.46 bits per heavy atom. The van der Waals surface area contributed by atoms with Crippen LogP contribution in [0.2, 0.25) is 0 Å². The second kappa shape index (κ2) is 6.10. The van der Waals surface area contributed by atoms with Crippen LogP contribution in [-0.4, -0.2) is 42.1 Å². The van der Waals surface area contributed by atoms with Gasteiger partial charge in [-0.15, -0.1) is 0 Å². The minimum Gasteiger partial charge on any atom is -0.386 e. The van der Waals surface area contributed by atoms with E-state index in [1.165, 1.54) is 33.8 Å². The molecule has 0 fully saturated rings. The molecule has 0 saturated carbocycles. The van der Waals surface area contributed by atoms with Gasteiger partial charge in [0.1, 0.15) is 6.10 Å². The second-order valence-corrected chi connectivity index (χ2v) is 8.11. The lowest BCUT2D eigenvalue weighted by molar-refractivity contribution is -0.453. The lowest BCUT2D eigenvalue weighted by atomic mass is 9.77. The normalized spacial score (nSPS) is 22.3. The number of aliphatic hydroxyl groups excluding tert-OH is 1. The van der Waals surface area contributed by atoms with Crippen LogP contribution in [0.5, 0.6) is 0 Å². The summed E-state index contributed by atoms with van der Waals surface area (Å²) in [4.78, 5) is 2.11. The summed E-state index contributed by atoms with van der Waals surface area (Å²) in [6, 6.07) is 17.2. The molecule has 0 spiro atoms. The molecule has 26 heavy (non-hydrogen) atoms. The van der Waals surface area contributed by atoms with Crippen LogP contribution in [-0.2, 0) is 5.41 Å². The summed E-state index contributed by atoms with van der Waals surface area (Å²) in [5, 5.41) is 10.5. The first-order valence-corrected chi connectivity index (χ1v) is 9.29. The van der Waals surface area contributed by atoms with Gasteiger partial charge in [0.05, 0.1) is 5.41 Å². The minimum absolute atomic E-state index is 0.0495. The molecule has 2 aliphatic rings. The highest BCUT2D eigenvalue weighted by Crippen LogP contribution is 2.44. The Labute approximate surface area is 155 Å². The molecule has 134 valence electrons. The topological polar surface area (TPSA) is 26.5 Å². The van der Waals surface area contributed by atoms with E-state index in [-0.39, 0.29) is 11.5 Å². The summed E-state index contributed by atoms with van der Waals surface area (Å²) < 4.78 is 2.32. The number of benzene rings is 2. The maximum atomic E-state index is 10.5. The van der Waals surface area contributed by atoms with E-state index in [1.807, 2.05) is 0 Å². The SMILES string of the molecule is CN(C)c1ccc(C=C2CC(O)C[N+]3=C2C(C)(C)c2ccccc23)cc1. The van der Waals surface area contributed by atoms with E-state index in [1.54, 1.807) is 0 Å². The molecule has 1 N–H and O–H groups in total. The van der Waals surface area contributed by atoms with Crippen molar-refractivity contribution in [3.63, 3.8) is 0 Å². The van der Waals surface area contributed by atoms with Gasteiger partial charge in [-0.1, -0.05) is 30.3 Å². The Hall–Kier alpha value is -2.39. The van der Waals surface area contributed by atoms with Crippen LogP contribution >= 0.6 is 0 Å². The van der Waals surface area contributed by atoms with E-state index < -0.39 is 0 Å². The van der Waals surface area contributed by atoms with E-state index in [0.717, 1.165) is 0 Å². The van der Waals surface area contributed by atoms with Crippen LogP contribution in [0.25, 0.3) is 6.08 Å². The monoisotopic (exact) mass is 347 g/mol. The first-order chi connectivity index (χ1) is 12.4. The van der Waals surface area contributed by atoms with Crippen molar-refractivity contribution >= 4 is 23.2 Å². The lowest BCUT2D eigenvalue weighted by Gasteiger charge is -2.24. The third-order valence-corrected chi connectivity index (χ3v) is 5.63. The van der Waals surface area contributed by atoms with Crippen molar-refractivity contribution in [1.82, 2.24) is 0 Å². The van der Waals surface area contributed by atoms with Gasteiger partial charge in [-0.2, -0.15) is 4.58 Å². The van der Waals surface area contributed by atoms with Crippen molar-refractivity contribution in [2.45, 2.75) is 31.8 Å². The number of nitrogens with zero attached hydrogens (tertiary/aromatic N) is 2. The van der Waals surface area contributed by atoms with Gasteiger partial charge < -0.3 is 10.0 Å². The number of anilines is 1. The van der Waals surface area contributed by atoms with Crippen molar-refractivity contribution in [1.29, 1.82) is 0 Å². The third kappa shape index (κ3) is 2.67. The van der Waals surface area contributed by atoms with Crippen LogP contribution < -0.4 is 4.90 Å². The highest BCUT2D eigenvalue weighted by Gasteiger charge is 2.49. The molecule has 0 aromatic heterocycles. The fourth-order valence-electron chi connectivity index (χ4n) is 4.41. The van der Waals surface area contributed by atoms with E-state index in [4.69, 9.17) is 0 Å². The zero-order valence-electron chi connectivity index (χ0n) is 16.0. The number of hydrogen-bond donors (Lipinski definition) is 1. The van der Waals surface area contributed by atoms with Gasteiger partial charge in [0, 0.05) is 43.4 Å². The number of para-hydroxylation sites is 1. The number of rotatable bonds is 2. The minimum atomic E-state index is -0.340. The van der Waals surface area contributed by atoms with Crippen LogP contribution in [0.1, 0.15) is 31.4 Å². The molecule has 4 rings (SSSR count). The van der Waals surface area contributed by atoms with Gasteiger partial charge in [-0.3, -0.25) is 0 Å². The largest absolute Gasteiger partial charge is 0.386 e. The molecule has 0 radical (unpaired) electrons. The van der Waals surface area contributed by atoms with Crippen molar-refractivity contribution in [3.8, 4) is 0 Å². The molecular weight excluding hydrogens is 320 g/mol. The fourth-order valence-corrected chi connectivity index (χ4v) is 4.41. The zero-order chi connectivity index (χ0) is 18.5. The third-order valence-electron chi connectivity index (χ3n) is 5.63. The molecular formula is C23H27N2O+. The lowest BCUT2D eigenvalue weighted by Crippen LogP contribution is -2.39. The molecule has 2 heterocycles. The Bertz CT molecular complexity index is 904. The van der Waals surface area contributed by atoms with Gasteiger partial charge >= 0.3 is 0 Å².